The Morgan fingerprint density at radius 2 is 2.05 bits per heavy atom. The molecule has 6 heteroatoms. The fourth-order valence-electron chi connectivity index (χ4n) is 2.51. The number of alkyl halides is 1. The van der Waals surface area contributed by atoms with E-state index in [1.165, 1.54) is 6.07 Å². The summed E-state index contributed by atoms with van der Waals surface area (Å²) < 4.78 is 1.79. The summed E-state index contributed by atoms with van der Waals surface area (Å²) in [6.45, 7) is 6.27. The molecule has 0 saturated carbocycles. The molecule has 0 spiro atoms. The summed E-state index contributed by atoms with van der Waals surface area (Å²) in [7, 11) is 0. The maximum Gasteiger partial charge on any atom is 0.274 e. The van der Waals surface area contributed by atoms with Gasteiger partial charge < -0.3 is 0 Å². The maximum atomic E-state index is 11.1. The predicted molar refractivity (Wildman–Crippen MR) is 82.8 cm³/mol. The van der Waals surface area contributed by atoms with Gasteiger partial charge in [0.15, 0.2) is 0 Å². The SMILES string of the molecule is CCC(Cl)c1c(C)nn(Cc2ccccc2[N+](=O)[O-])c1C. The normalized spacial score (nSPS) is 12.4. The van der Waals surface area contributed by atoms with Gasteiger partial charge in [-0.05, 0) is 20.3 Å². The van der Waals surface area contributed by atoms with E-state index >= 15 is 0 Å². The van der Waals surface area contributed by atoms with Gasteiger partial charge in [0.1, 0.15) is 0 Å². The number of hydrogen-bond donors (Lipinski definition) is 0. The Hall–Kier alpha value is -1.88. The summed E-state index contributed by atoms with van der Waals surface area (Å²) in [5, 5.41) is 15.5. The molecular formula is C15H18ClN3O2. The minimum Gasteiger partial charge on any atom is -0.265 e. The molecule has 0 fully saturated rings. The molecule has 0 aliphatic rings. The van der Waals surface area contributed by atoms with Gasteiger partial charge in [-0.15, -0.1) is 11.6 Å². The number of aryl methyl sites for hydroxylation is 1. The minimum atomic E-state index is -0.363. The molecule has 0 bridgehead atoms. The van der Waals surface area contributed by atoms with E-state index in [1.807, 2.05) is 20.8 Å². The molecule has 0 aliphatic carbocycles. The van der Waals surface area contributed by atoms with Gasteiger partial charge in [0.2, 0.25) is 0 Å². The zero-order chi connectivity index (χ0) is 15.6. The molecule has 5 nitrogen and oxygen atoms in total. The van der Waals surface area contributed by atoms with Crippen LogP contribution in [0.2, 0.25) is 0 Å². The highest BCUT2D eigenvalue weighted by atomic mass is 35.5. The summed E-state index contributed by atoms with van der Waals surface area (Å²) in [4.78, 5) is 10.7. The van der Waals surface area contributed by atoms with Crippen molar-refractivity contribution < 1.29 is 4.92 Å². The Bertz CT molecular complexity index is 667. The first-order valence-corrected chi connectivity index (χ1v) is 7.29. The molecule has 2 rings (SSSR count). The van der Waals surface area contributed by atoms with Crippen LogP contribution in [0, 0.1) is 24.0 Å². The van der Waals surface area contributed by atoms with Gasteiger partial charge in [-0.2, -0.15) is 5.10 Å². The Morgan fingerprint density at radius 1 is 1.38 bits per heavy atom. The van der Waals surface area contributed by atoms with E-state index in [9.17, 15) is 10.1 Å². The third-order valence-electron chi connectivity index (χ3n) is 3.62. The molecule has 1 unspecified atom stereocenters. The van der Waals surface area contributed by atoms with Crippen LogP contribution < -0.4 is 0 Å². The molecule has 112 valence electrons. The standard InChI is InChI=1S/C15H18ClN3O2/c1-4-13(16)15-10(2)17-18(11(15)3)9-12-7-5-6-8-14(12)19(20)21/h5-8,13H,4,9H2,1-3H3. The third kappa shape index (κ3) is 3.08. The summed E-state index contributed by atoms with van der Waals surface area (Å²) in [6.07, 6.45) is 0.820. The van der Waals surface area contributed by atoms with Crippen LogP contribution in [0.4, 0.5) is 5.69 Å². The Labute approximate surface area is 128 Å². The number of benzene rings is 1. The Morgan fingerprint density at radius 3 is 2.67 bits per heavy atom. The molecule has 0 amide bonds. The molecule has 0 radical (unpaired) electrons. The maximum absolute atomic E-state index is 11.1. The van der Waals surface area contributed by atoms with Crippen molar-refractivity contribution in [2.24, 2.45) is 0 Å². The zero-order valence-corrected chi connectivity index (χ0v) is 13.1. The van der Waals surface area contributed by atoms with Crippen LogP contribution in [-0.2, 0) is 6.54 Å². The fourth-order valence-corrected chi connectivity index (χ4v) is 2.82. The quantitative estimate of drug-likeness (QED) is 0.473. The average Bonchev–Trinajstić information content (AvgIpc) is 2.73. The number of halogens is 1. The first-order chi connectivity index (χ1) is 9.95. The zero-order valence-electron chi connectivity index (χ0n) is 12.3. The molecule has 1 heterocycles. The number of aromatic nitrogens is 2. The molecule has 0 aliphatic heterocycles. The molecule has 1 atom stereocenters. The lowest BCUT2D eigenvalue weighted by Gasteiger charge is -2.09. The van der Waals surface area contributed by atoms with E-state index in [2.05, 4.69) is 5.10 Å². The van der Waals surface area contributed by atoms with Gasteiger partial charge in [-0.25, -0.2) is 0 Å². The Balaban J connectivity index is 2.40. The molecule has 21 heavy (non-hydrogen) atoms. The van der Waals surface area contributed by atoms with Crippen LogP contribution in [0.1, 0.15) is 41.2 Å². The van der Waals surface area contributed by atoms with E-state index < -0.39 is 0 Å². The third-order valence-corrected chi connectivity index (χ3v) is 4.14. The van der Waals surface area contributed by atoms with E-state index in [0.29, 0.717) is 12.1 Å². The van der Waals surface area contributed by atoms with Gasteiger partial charge in [-0.1, -0.05) is 25.1 Å². The highest BCUT2D eigenvalue weighted by molar-refractivity contribution is 6.20. The predicted octanol–water partition coefficient (Wildman–Crippen LogP) is 4.15. The number of rotatable bonds is 5. The van der Waals surface area contributed by atoms with Crippen molar-refractivity contribution in [3.63, 3.8) is 0 Å². The van der Waals surface area contributed by atoms with E-state index in [1.54, 1.807) is 22.9 Å². The van der Waals surface area contributed by atoms with Crippen LogP contribution in [0.3, 0.4) is 0 Å². The number of nitro benzene ring substituents is 1. The second-order valence-corrected chi connectivity index (χ2v) is 5.53. The smallest absolute Gasteiger partial charge is 0.265 e. The van der Waals surface area contributed by atoms with E-state index in [0.717, 1.165) is 23.4 Å². The molecule has 0 N–H and O–H groups in total. The van der Waals surface area contributed by atoms with Crippen molar-refractivity contribution in [2.45, 2.75) is 39.1 Å². The second kappa shape index (κ2) is 6.26. The number of hydrogen-bond acceptors (Lipinski definition) is 3. The first kappa shape index (κ1) is 15.5. The number of para-hydroxylation sites is 1. The molecule has 1 aromatic carbocycles. The van der Waals surface area contributed by atoms with Crippen molar-refractivity contribution in [3.05, 3.63) is 56.9 Å². The van der Waals surface area contributed by atoms with Gasteiger partial charge in [0.25, 0.3) is 5.69 Å². The van der Waals surface area contributed by atoms with Crippen LogP contribution in [0.15, 0.2) is 24.3 Å². The highest BCUT2D eigenvalue weighted by Crippen LogP contribution is 2.30. The van der Waals surface area contributed by atoms with Crippen LogP contribution >= 0.6 is 11.6 Å². The van der Waals surface area contributed by atoms with Gasteiger partial charge in [-0.3, -0.25) is 14.8 Å². The van der Waals surface area contributed by atoms with Crippen LogP contribution in [0.5, 0.6) is 0 Å². The van der Waals surface area contributed by atoms with E-state index in [-0.39, 0.29) is 16.0 Å². The summed E-state index contributed by atoms with van der Waals surface area (Å²) in [5.74, 6) is 0. The second-order valence-electron chi connectivity index (χ2n) is 5.00. The minimum absolute atomic E-state index is 0.0792. The van der Waals surface area contributed by atoms with Crippen molar-refractivity contribution in [2.75, 3.05) is 0 Å². The lowest BCUT2D eigenvalue weighted by atomic mass is 10.1. The van der Waals surface area contributed by atoms with Crippen molar-refractivity contribution in [1.82, 2.24) is 9.78 Å². The van der Waals surface area contributed by atoms with Crippen LogP contribution in [0.25, 0.3) is 0 Å². The number of nitrogens with zero attached hydrogens (tertiary/aromatic N) is 3. The largest absolute Gasteiger partial charge is 0.274 e. The molecule has 2 aromatic rings. The topological polar surface area (TPSA) is 61.0 Å². The van der Waals surface area contributed by atoms with Crippen LogP contribution in [-0.4, -0.2) is 14.7 Å². The molecule has 0 saturated heterocycles. The first-order valence-electron chi connectivity index (χ1n) is 6.86. The van der Waals surface area contributed by atoms with Crippen molar-refractivity contribution >= 4 is 17.3 Å². The monoisotopic (exact) mass is 307 g/mol. The van der Waals surface area contributed by atoms with Gasteiger partial charge in [0.05, 0.1) is 28.1 Å². The van der Waals surface area contributed by atoms with Gasteiger partial charge >= 0.3 is 0 Å². The summed E-state index contributed by atoms with van der Waals surface area (Å²) in [6, 6.07) is 6.73. The highest BCUT2D eigenvalue weighted by Gasteiger charge is 2.20. The lowest BCUT2D eigenvalue weighted by molar-refractivity contribution is -0.385. The number of nitro groups is 1. The lowest BCUT2D eigenvalue weighted by Crippen LogP contribution is -2.07. The summed E-state index contributed by atoms with van der Waals surface area (Å²) in [5.41, 5.74) is 3.63. The molecular weight excluding hydrogens is 290 g/mol. The van der Waals surface area contributed by atoms with Gasteiger partial charge in [0, 0.05) is 17.3 Å². The van der Waals surface area contributed by atoms with Crippen molar-refractivity contribution in [1.29, 1.82) is 0 Å². The Kier molecular flexibility index (Phi) is 4.63. The average molecular weight is 308 g/mol. The van der Waals surface area contributed by atoms with Crippen molar-refractivity contribution in [3.8, 4) is 0 Å². The molecule has 1 aromatic heterocycles. The van der Waals surface area contributed by atoms with E-state index in [4.69, 9.17) is 11.6 Å². The summed E-state index contributed by atoms with van der Waals surface area (Å²) >= 11 is 6.34. The fraction of sp³-hybridized carbons (Fsp3) is 0.400.